The summed E-state index contributed by atoms with van der Waals surface area (Å²) in [6.07, 6.45) is 3.18. The van der Waals surface area contributed by atoms with Crippen LogP contribution in [-0.4, -0.2) is 6.04 Å². The molecule has 2 N–H and O–H groups in total. The number of hydrogen-bond acceptors (Lipinski definition) is 1. The average molecular weight is 260 g/mol. The Labute approximate surface area is 108 Å². The Morgan fingerprint density at radius 3 is 2.44 bits per heavy atom. The lowest BCUT2D eigenvalue weighted by Crippen LogP contribution is -2.15. The van der Waals surface area contributed by atoms with Gasteiger partial charge in [-0.25, -0.2) is 0 Å². The largest absolute Gasteiger partial charge is 0.328 e. The second-order valence-electron chi connectivity index (χ2n) is 4.33. The Balaban J connectivity index is 2.78. The highest BCUT2D eigenvalue weighted by Gasteiger charge is 2.13. The van der Waals surface area contributed by atoms with E-state index < -0.39 is 0 Å². The van der Waals surface area contributed by atoms with Crippen molar-refractivity contribution in [3.8, 4) is 0 Å². The van der Waals surface area contributed by atoms with Crippen molar-refractivity contribution in [1.29, 1.82) is 0 Å². The Bertz CT molecular complexity index is 337. The number of benzene rings is 1. The molecule has 0 saturated heterocycles. The molecule has 1 rings (SSSR count). The van der Waals surface area contributed by atoms with Crippen LogP contribution in [0.1, 0.15) is 44.6 Å². The van der Waals surface area contributed by atoms with Crippen LogP contribution in [0.2, 0.25) is 10.0 Å². The Morgan fingerprint density at radius 2 is 1.94 bits per heavy atom. The smallest absolute Gasteiger partial charge is 0.0455 e. The van der Waals surface area contributed by atoms with Crippen LogP contribution in [0.25, 0.3) is 0 Å². The zero-order chi connectivity index (χ0) is 12.1. The number of hydrogen-bond donors (Lipinski definition) is 1. The fourth-order valence-corrected chi connectivity index (χ4v) is 2.44. The molecule has 1 nitrogen and oxygen atoms in total. The molecular formula is C13H19Cl2N. The van der Waals surface area contributed by atoms with Crippen LogP contribution in [0.15, 0.2) is 18.2 Å². The quantitative estimate of drug-likeness (QED) is 0.821. The van der Waals surface area contributed by atoms with Crippen molar-refractivity contribution in [2.45, 2.75) is 45.1 Å². The molecule has 2 atom stereocenters. The van der Waals surface area contributed by atoms with Crippen molar-refractivity contribution in [3.63, 3.8) is 0 Å². The summed E-state index contributed by atoms with van der Waals surface area (Å²) in [7, 11) is 0. The highest BCUT2D eigenvalue weighted by molar-refractivity contribution is 6.35. The van der Waals surface area contributed by atoms with Gasteiger partial charge in [0.1, 0.15) is 0 Å². The fraction of sp³-hybridized carbons (Fsp3) is 0.538. The van der Waals surface area contributed by atoms with Crippen LogP contribution in [0, 0.1) is 0 Å². The first-order chi connectivity index (χ1) is 7.54. The molecular weight excluding hydrogens is 241 g/mol. The Morgan fingerprint density at radius 1 is 1.25 bits per heavy atom. The van der Waals surface area contributed by atoms with Crippen LogP contribution in [-0.2, 0) is 0 Å². The van der Waals surface area contributed by atoms with Crippen LogP contribution in [0.4, 0.5) is 0 Å². The van der Waals surface area contributed by atoms with Gasteiger partial charge in [-0.15, -0.1) is 0 Å². The van der Waals surface area contributed by atoms with Crippen molar-refractivity contribution in [3.05, 3.63) is 33.8 Å². The molecule has 2 unspecified atom stereocenters. The summed E-state index contributed by atoms with van der Waals surface area (Å²) < 4.78 is 0. The van der Waals surface area contributed by atoms with Crippen LogP contribution < -0.4 is 5.73 Å². The monoisotopic (exact) mass is 259 g/mol. The van der Waals surface area contributed by atoms with Gasteiger partial charge in [0, 0.05) is 16.1 Å². The van der Waals surface area contributed by atoms with E-state index in [1.165, 1.54) is 5.56 Å². The van der Waals surface area contributed by atoms with E-state index in [0.717, 1.165) is 24.3 Å². The molecule has 0 heterocycles. The summed E-state index contributed by atoms with van der Waals surface area (Å²) >= 11 is 12.1. The number of nitrogens with two attached hydrogens (primary N) is 1. The average Bonchev–Trinajstić information content (AvgIpc) is 2.21. The van der Waals surface area contributed by atoms with Gasteiger partial charge in [-0.3, -0.25) is 0 Å². The normalized spacial score (nSPS) is 14.8. The molecule has 0 fully saturated rings. The summed E-state index contributed by atoms with van der Waals surface area (Å²) in [6, 6.07) is 5.99. The van der Waals surface area contributed by atoms with Crippen molar-refractivity contribution in [2.24, 2.45) is 5.73 Å². The van der Waals surface area contributed by atoms with Gasteiger partial charge in [0.25, 0.3) is 0 Å². The molecule has 0 radical (unpaired) electrons. The Kier molecular flexibility index (Phi) is 5.60. The SMILES string of the molecule is CCC(CCC(C)N)c1ccc(Cl)cc1Cl. The van der Waals surface area contributed by atoms with E-state index in [2.05, 4.69) is 6.92 Å². The minimum atomic E-state index is 0.250. The predicted molar refractivity (Wildman–Crippen MR) is 72.4 cm³/mol. The van der Waals surface area contributed by atoms with E-state index >= 15 is 0 Å². The number of rotatable bonds is 5. The lowest BCUT2D eigenvalue weighted by molar-refractivity contribution is 0.532. The molecule has 0 amide bonds. The Hall–Kier alpha value is -0.240. The van der Waals surface area contributed by atoms with E-state index in [9.17, 15) is 0 Å². The van der Waals surface area contributed by atoms with E-state index in [1.54, 1.807) is 0 Å². The maximum absolute atomic E-state index is 6.20. The third-order valence-corrected chi connectivity index (χ3v) is 3.43. The highest BCUT2D eigenvalue weighted by atomic mass is 35.5. The second kappa shape index (κ2) is 6.48. The minimum absolute atomic E-state index is 0.250. The summed E-state index contributed by atoms with van der Waals surface area (Å²) in [4.78, 5) is 0. The number of halogens is 2. The van der Waals surface area contributed by atoms with Gasteiger partial charge in [-0.05, 0) is 49.8 Å². The first kappa shape index (κ1) is 13.8. The molecule has 3 heteroatoms. The first-order valence-corrected chi connectivity index (χ1v) is 6.50. The van der Waals surface area contributed by atoms with E-state index in [-0.39, 0.29) is 6.04 Å². The maximum Gasteiger partial charge on any atom is 0.0455 e. The van der Waals surface area contributed by atoms with Gasteiger partial charge in [-0.1, -0.05) is 36.2 Å². The van der Waals surface area contributed by atoms with Crippen LogP contribution >= 0.6 is 23.2 Å². The molecule has 0 aromatic heterocycles. The zero-order valence-corrected chi connectivity index (χ0v) is 11.4. The summed E-state index contributed by atoms with van der Waals surface area (Å²) in [5.41, 5.74) is 6.97. The van der Waals surface area contributed by atoms with E-state index in [4.69, 9.17) is 28.9 Å². The van der Waals surface area contributed by atoms with Gasteiger partial charge in [-0.2, -0.15) is 0 Å². The topological polar surface area (TPSA) is 26.0 Å². The third kappa shape index (κ3) is 3.97. The van der Waals surface area contributed by atoms with Crippen molar-refractivity contribution in [2.75, 3.05) is 0 Å². The van der Waals surface area contributed by atoms with Gasteiger partial charge < -0.3 is 5.73 Å². The standard InChI is InChI=1S/C13H19Cl2N/c1-3-10(5-4-9(2)16)12-7-6-11(14)8-13(12)15/h6-10H,3-5,16H2,1-2H3. The first-order valence-electron chi connectivity index (χ1n) is 5.75. The van der Waals surface area contributed by atoms with Gasteiger partial charge in [0.2, 0.25) is 0 Å². The molecule has 0 spiro atoms. The molecule has 0 aliphatic carbocycles. The molecule has 90 valence electrons. The second-order valence-corrected chi connectivity index (χ2v) is 5.17. The molecule has 1 aromatic rings. The lowest BCUT2D eigenvalue weighted by Gasteiger charge is -2.18. The predicted octanol–water partition coefficient (Wildman–Crippen LogP) is 4.61. The lowest BCUT2D eigenvalue weighted by atomic mass is 9.90. The summed E-state index contributed by atoms with van der Waals surface area (Å²) in [5.74, 6) is 0.482. The summed E-state index contributed by atoms with van der Waals surface area (Å²) in [5, 5.41) is 1.46. The van der Waals surface area contributed by atoms with Crippen molar-refractivity contribution >= 4 is 23.2 Å². The van der Waals surface area contributed by atoms with Crippen LogP contribution in [0.3, 0.4) is 0 Å². The maximum atomic E-state index is 6.20. The van der Waals surface area contributed by atoms with Gasteiger partial charge in [0.05, 0.1) is 0 Å². The molecule has 1 aromatic carbocycles. The van der Waals surface area contributed by atoms with E-state index in [0.29, 0.717) is 10.9 Å². The molecule has 0 aliphatic rings. The van der Waals surface area contributed by atoms with Crippen molar-refractivity contribution < 1.29 is 0 Å². The van der Waals surface area contributed by atoms with E-state index in [1.807, 2.05) is 25.1 Å². The molecule has 0 aliphatic heterocycles. The molecule has 16 heavy (non-hydrogen) atoms. The molecule has 0 saturated carbocycles. The third-order valence-electron chi connectivity index (χ3n) is 2.87. The fourth-order valence-electron chi connectivity index (χ4n) is 1.88. The zero-order valence-electron chi connectivity index (χ0n) is 9.84. The highest BCUT2D eigenvalue weighted by Crippen LogP contribution is 2.32. The van der Waals surface area contributed by atoms with Crippen LogP contribution in [0.5, 0.6) is 0 Å². The van der Waals surface area contributed by atoms with Gasteiger partial charge in [0.15, 0.2) is 0 Å². The summed E-state index contributed by atoms with van der Waals surface area (Å²) in [6.45, 7) is 4.22. The van der Waals surface area contributed by atoms with Crippen molar-refractivity contribution in [1.82, 2.24) is 0 Å². The molecule has 0 bridgehead atoms. The minimum Gasteiger partial charge on any atom is -0.328 e. The van der Waals surface area contributed by atoms with Gasteiger partial charge >= 0.3 is 0 Å².